The number of carbonyl (C=O) groups is 1. The molecule has 0 saturated heterocycles. The van der Waals surface area contributed by atoms with Crippen LogP contribution in [0.25, 0.3) is 0 Å². The van der Waals surface area contributed by atoms with E-state index in [-0.39, 0.29) is 12.5 Å². The minimum atomic E-state index is -0.616. The van der Waals surface area contributed by atoms with Gasteiger partial charge in [-0.1, -0.05) is 29.3 Å². The molecule has 1 atom stereocenters. The Labute approximate surface area is 122 Å². The predicted molar refractivity (Wildman–Crippen MR) is 75.4 cm³/mol. The normalized spacial score (nSPS) is 16.1. The number of hydrogen-bond donors (Lipinski definition) is 1. The van der Waals surface area contributed by atoms with Crippen LogP contribution in [-0.4, -0.2) is 37.1 Å². The third-order valence-corrected chi connectivity index (χ3v) is 4.10. The molecule has 0 aliphatic carbocycles. The summed E-state index contributed by atoms with van der Waals surface area (Å²) in [6, 6.07) is 3.05. The van der Waals surface area contributed by atoms with Crippen molar-refractivity contribution in [2.75, 3.05) is 20.3 Å². The van der Waals surface area contributed by atoms with Crippen molar-refractivity contribution in [2.45, 2.75) is 19.0 Å². The first-order chi connectivity index (χ1) is 9.04. The van der Waals surface area contributed by atoms with Crippen LogP contribution in [0.5, 0.6) is 0 Å². The minimum absolute atomic E-state index is 0.0985. The Bertz CT molecular complexity index is 494. The van der Waals surface area contributed by atoms with Crippen molar-refractivity contribution >= 4 is 29.1 Å². The second kappa shape index (κ2) is 6.09. The predicted octanol–water partition coefficient (Wildman–Crippen LogP) is 1.85. The van der Waals surface area contributed by atoms with Gasteiger partial charge in [-0.3, -0.25) is 4.79 Å². The zero-order valence-corrected chi connectivity index (χ0v) is 12.2. The number of nitrogens with zero attached hydrogens (tertiary/aromatic N) is 1. The molecular weight excluding hydrogens is 287 g/mol. The summed E-state index contributed by atoms with van der Waals surface area (Å²) in [5, 5.41) is 1.14. The molecule has 1 amide bonds. The van der Waals surface area contributed by atoms with E-state index in [1.165, 1.54) is 7.11 Å². The van der Waals surface area contributed by atoms with Gasteiger partial charge in [0.25, 0.3) is 0 Å². The van der Waals surface area contributed by atoms with Crippen molar-refractivity contribution in [1.29, 1.82) is 0 Å². The number of nitrogens with two attached hydrogens (primary N) is 1. The number of halogens is 2. The van der Waals surface area contributed by atoms with Gasteiger partial charge in [0, 0.05) is 20.2 Å². The van der Waals surface area contributed by atoms with E-state index in [4.69, 9.17) is 33.7 Å². The summed E-state index contributed by atoms with van der Waals surface area (Å²) < 4.78 is 4.91. The highest BCUT2D eigenvalue weighted by molar-refractivity contribution is 6.42. The zero-order chi connectivity index (χ0) is 14.0. The SMILES string of the molecule is COCC(N)C(=O)N1CCc2c(ccc(Cl)c2Cl)C1. The Morgan fingerprint density at radius 1 is 1.53 bits per heavy atom. The van der Waals surface area contributed by atoms with Crippen LogP contribution in [0.15, 0.2) is 12.1 Å². The van der Waals surface area contributed by atoms with Gasteiger partial charge < -0.3 is 15.4 Å². The Morgan fingerprint density at radius 3 is 2.95 bits per heavy atom. The molecule has 104 valence electrons. The molecule has 2 N–H and O–H groups in total. The highest BCUT2D eigenvalue weighted by atomic mass is 35.5. The fourth-order valence-corrected chi connectivity index (χ4v) is 2.71. The maximum Gasteiger partial charge on any atom is 0.242 e. The highest BCUT2D eigenvalue weighted by Gasteiger charge is 2.26. The van der Waals surface area contributed by atoms with Crippen molar-refractivity contribution in [3.8, 4) is 0 Å². The first kappa shape index (κ1) is 14.6. The molecule has 2 rings (SSSR count). The number of methoxy groups -OCH3 is 1. The van der Waals surface area contributed by atoms with Crippen LogP contribution in [0.3, 0.4) is 0 Å². The second-order valence-corrected chi connectivity index (χ2v) is 5.36. The van der Waals surface area contributed by atoms with Gasteiger partial charge in [-0.25, -0.2) is 0 Å². The van der Waals surface area contributed by atoms with E-state index in [1.54, 1.807) is 11.0 Å². The molecule has 1 aromatic rings. The van der Waals surface area contributed by atoms with E-state index in [2.05, 4.69) is 0 Å². The summed E-state index contributed by atoms with van der Waals surface area (Å²) in [5.41, 5.74) is 7.82. The number of benzene rings is 1. The number of carbonyl (C=O) groups excluding carboxylic acids is 1. The summed E-state index contributed by atoms with van der Waals surface area (Å²) in [5.74, 6) is -0.0985. The van der Waals surface area contributed by atoms with Crippen LogP contribution in [-0.2, 0) is 22.5 Å². The maximum absolute atomic E-state index is 12.1. The smallest absolute Gasteiger partial charge is 0.242 e. The third kappa shape index (κ3) is 3.03. The van der Waals surface area contributed by atoms with Crippen LogP contribution in [0.4, 0.5) is 0 Å². The fourth-order valence-electron chi connectivity index (χ4n) is 2.26. The molecule has 6 heteroatoms. The summed E-state index contributed by atoms with van der Waals surface area (Å²) >= 11 is 12.2. The van der Waals surface area contributed by atoms with Gasteiger partial charge in [-0.05, 0) is 23.6 Å². The number of hydrogen-bond acceptors (Lipinski definition) is 3. The lowest BCUT2D eigenvalue weighted by Gasteiger charge is -2.31. The number of fused-ring (bicyclic) bond motifs is 1. The van der Waals surface area contributed by atoms with Crippen LogP contribution < -0.4 is 5.73 Å². The molecule has 0 radical (unpaired) electrons. The van der Waals surface area contributed by atoms with E-state index < -0.39 is 6.04 Å². The van der Waals surface area contributed by atoms with E-state index in [9.17, 15) is 4.79 Å². The molecule has 1 aromatic carbocycles. The van der Waals surface area contributed by atoms with E-state index in [0.717, 1.165) is 11.1 Å². The second-order valence-electron chi connectivity index (χ2n) is 4.57. The summed E-state index contributed by atoms with van der Waals surface area (Å²) in [6.07, 6.45) is 0.695. The van der Waals surface area contributed by atoms with Crippen molar-refractivity contribution < 1.29 is 9.53 Å². The van der Waals surface area contributed by atoms with Crippen molar-refractivity contribution in [3.05, 3.63) is 33.3 Å². The van der Waals surface area contributed by atoms with Gasteiger partial charge in [-0.15, -0.1) is 0 Å². The Balaban J connectivity index is 2.14. The Kier molecular flexibility index (Phi) is 4.68. The lowest BCUT2D eigenvalue weighted by molar-refractivity contribution is -0.134. The summed E-state index contributed by atoms with van der Waals surface area (Å²) in [6.45, 7) is 1.34. The van der Waals surface area contributed by atoms with Gasteiger partial charge >= 0.3 is 0 Å². The van der Waals surface area contributed by atoms with E-state index in [1.807, 2.05) is 6.07 Å². The molecule has 1 aliphatic heterocycles. The van der Waals surface area contributed by atoms with E-state index >= 15 is 0 Å². The Hall–Kier alpha value is -0.810. The first-order valence-corrected chi connectivity index (χ1v) is 6.79. The quantitative estimate of drug-likeness (QED) is 0.927. The molecular formula is C13H16Cl2N2O2. The number of ether oxygens (including phenoxy) is 1. The lowest BCUT2D eigenvalue weighted by Crippen LogP contribution is -2.47. The van der Waals surface area contributed by atoms with Gasteiger partial charge in [0.1, 0.15) is 6.04 Å². The minimum Gasteiger partial charge on any atom is -0.383 e. The maximum atomic E-state index is 12.1. The Morgan fingerprint density at radius 2 is 2.26 bits per heavy atom. The molecule has 0 aromatic heterocycles. The average molecular weight is 303 g/mol. The third-order valence-electron chi connectivity index (χ3n) is 3.26. The lowest BCUT2D eigenvalue weighted by atomic mass is 9.99. The molecule has 1 heterocycles. The topological polar surface area (TPSA) is 55.6 Å². The first-order valence-electron chi connectivity index (χ1n) is 6.03. The van der Waals surface area contributed by atoms with Crippen molar-refractivity contribution in [1.82, 2.24) is 4.90 Å². The highest BCUT2D eigenvalue weighted by Crippen LogP contribution is 2.32. The molecule has 19 heavy (non-hydrogen) atoms. The van der Waals surface area contributed by atoms with Gasteiger partial charge in [0.15, 0.2) is 0 Å². The van der Waals surface area contributed by atoms with E-state index in [0.29, 0.717) is 29.6 Å². The molecule has 4 nitrogen and oxygen atoms in total. The fraction of sp³-hybridized carbons (Fsp3) is 0.462. The van der Waals surface area contributed by atoms with Crippen molar-refractivity contribution in [2.24, 2.45) is 5.73 Å². The number of rotatable bonds is 3. The molecule has 0 spiro atoms. The van der Waals surface area contributed by atoms with Crippen LogP contribution >= 0.6 is 23.2 Å². The van der Waals surface area contributed by atoms with Crippen LogP contribution in [0.2, 0.25) is 10.0 Å². The van der Waals surface area contributed by atoms with Crippen LogP contribution in [0, 0.1) is 0 Å². The average Bonchev–Trinajstić information content (AvgIpc) is 2.42. The molecule has 0 saturated carbocycles. The van der Waals surface area contributed by atoms with Gasteiger partial charge in [-0.2, -0.15) is 0 Å². The van der Waals surface area contributed by atoms with Crippen molar-refractivity contribution in [3.63, 3.8) is 0 Å². The summed E-state index contributed by atoms with van der Waals surface area (Å²) in [7, 11) is 1.53. The molecule has 0 bridgehead atoms. The summed E-state index contributed by atoms with van der Waals surface area (Å²) in [4.78, 5) is 13.8. The monoisotopic (exact) mass is 302 g/mol. The van der Waals surface area contributed by atoms with Crippen LogP contribution in [0.1, 0.15) is 11.1 Å². The largest absolute Gasteiger partial charge is 0.383 e. The number of amides is 1. The molecule has 1 aliphatic rings. The van der Waals surface area contributed by atoms with Gasteiger partial charge in [0.05, 0.1) is 16.7 Å². The standard InChI is InChI=1S/C13H16Cl2N2O2/c1-19-7-11(16)13(18)17-5-4-9-8(6-17)2-3-10(14)12(9)15/h2-3,11H,4-7,16H2,1H3. The molecule has 1 unspecified atom stereocenters. The molecule has 0 fully saturated rings. The van der Waals surface area contributed by atoms with Gasteiger partial charge in [0.2, 0.25) is 5.91 Å². The zero-order valence-electron chi connectivity index (χ0n) is 10.7.